The molecule has 2 aromatic carbocycles. The fraction of sp³-hybridized carbons (Fsp3) is 0.0417. The highest BCUT2D eigenvalue weighted by molar-refractivity contribution is 6.54. The van der Waals surface area contributed by atoms with Gasteiger partial charge >= 0.3 is 0 Å². The van der Waals surface area contributed by atoms with Gasteiger partial charge in [0.15, 0.2) is 5.71 Å². The normalized spacial score (nSPS) is 14.5. The number of benzene rings is 2. The van der Waals surface area contributed by atoms with Gasteiger partial charge in [-0.05, 0) is 30.3 Å². The lowest BCUT2D eigenvalue weighted by molar-refractivity contribution is -0.111. The summed E-state index contributed by atoms with van der Waals surface area (Å²) in [7, 11) is 1.73. The van der Waals surface area contributed by atoms with Crippen LogP contribution in [-0.2, 0) is 4.79 Å². The quantitative estimate of drug-likeness (QED) is 0.383. The molecule has 0 saturated carbocycles. The molecule has 1 amide bonds. The van der Waals surface area contributed by atoms with Crippen LogP contribution in [0, 0.1) is 0 Å². The van der Waals surface area contributed by atoms with Crippen molar-refractivity contribution < 1.29 is 4.79 Å². The van der Waals surface area contributed by atoms with Gasteiger partial charge in [0.1, 0.15) is 5.69 Å². The molecule has 3 heterocycles. The number of pyridine rings is 1. The van der Waals surface area contributed by atoms with Gasteiger partial charge in [-0.25, -0.2) is 4.68 Å². The van der Waals surface area contributed by atoms with Gasteiger partial charge in [0.25, 0.3) is 5.91 Å². The number of carbonyl (C=O) groups is 1. The minimum absolute atomic E-state index is 0.173. The van der Waals surface area contributed by atoms with Crippen LogP contribution in [0.15, 0.2) is 95.5 Å². The summed E-state index contributed by atoms with van der Waals surface area (Å²) < 4.78 is 1.80. The van der Waals surface area contributed by atoms with E-state index in [2.05, 4.69) is 15.2 Å². The monoisotopic (exact) mass is 406 g/mol. The van der Waals surface area contributed by atoms with E-state index in [1.165, 1.54) is 0 Å². The fourth-order valence-corrected chi connectivity index (χ4v) is 3.52. The zero-order chi connectivity index (χ0) is 21.2. The predicted octanol–water partition coefficient (Wildman–Crippen LogP) is 3.73. The highest BCUT2D eigenvalue weighted by Gasteiger charge is 2.31. The standard InChI is InChI=1S/C24H18N6O/c1-29-21-10-6-5-9-20(21)23(24(29)31)27-26-15-18-16-30(19-7-3-2-4-8-19)28-22(18)17-11-13-25-14-12-17/h2-16H,1H3/b26-15-,27-23+. The van der Waals surface area contributed by atoms with Gasteiger partial charge in [0, 0.05) is 42.3 Å². The Morgan fingerprint density at radius 1 is 0.935 bits per heavy atom. The second-order valence-corrected chi connectivity index (χ2v) is 7.02. The fourth-order valence-electron chi connectivity index (χ4n) is 3.52. The number of aromatic nitrogens is 3. The van der Waals surface area contributed by atoms with Crippen LogP contribution in [0.3, 0.4) is 0 Å². The van der Waals surface area contributed by atoms with Gasteiger partial charge in [-0.15, -0.1) is 5.10 Å². The molecule has 0 saturated heterocycles. The Morgan fingerprint density at radius 2 is 1.68 bits per heavy atom. The first-order valence-corrected chi connectivity index (χ1v) is 9.76. The Bertz CT molecular complexity index is 1310. The number of para-hydroxylation sites is 2. The van der Waals surface area contributed by atoms with Crippen molar-refractivity contribution in [3.63, 3.8) is 0 Å². The zero-order valence-corrected chi connectivity index (χ0v) is 16.8. The maximum Gasteiger partial charge on any atom is 0.279 e. The highest BCUT2D eigenvalue weighted by atomic mass is 16.2. The number of hydrogen-bond acceptors (Lipinski definition) is 5. The molecule has 0 bridgehead atoms. The molecule has 0 atom stereocenters. The Morgan fingerprint density at radius 3 is 2.48 bits per heavy atom. The van der Waals surface area contributed by atoms with Crippen LogP contribution < -0.4 is 4.90 Å². The van der Waals surface area contributed by atoms with Crippen molar-refractivity contribution in [2.24, 2.45) is 10.2 Å². The molecule has 5 rings (SSSR count). The minimum atomic E-state index is -0.173. The van der Waals surface area contributed by atoms with E-state index < -0.39 is 0 Å². The molecule has 2 aromatic heterocycles. The summed E-state index contributed by atoms with van der Waals surface area (Å²) in [5.41, 5.74) is 5.33. The van der Waals surface area contributed by atoms with Crippen LogP contribution in [0.2, 0.25) is 0 Å². The molecule has 7 heteroatoms. The number of anilines is 1. The maximum atomic E-state index is 12.6. The third-order valence-electron chi connectivity index (χ3n) is 5.10. The molecule has 0 fully saturated rings. The predicted molar refractivity (Wildman–Crippen MR) is 121 cm³/mol. The van der Waals surface area contributed by atoms with E-state index in [1.54, 1.807) is 35.2 Å². The average Bonchev–Trinajstić information content (AvgIpc) is 3.36. The second kappa shape index (κ2) is 7.79. The highest BCUT2D eigenvalue weighted by Crippen LogP contribution is 2.28. The molecule has 0 N–H and O–H groups in total. The lowest BCUT2D eigenvalue weighted by atomic mass is 10.1. The Hall–Kier alpha value is -4.39. The molecule has 1 aliphatic rings. The van der Waals surface area contributed by atoms with E-state index in [0.29, 0.717) is 5.71 Å². The van der Waals surface area contributed by atoms with Crippen LogP contribution in [0.1, 0.15) is 11.1 Å². The largest absolute Gasteiger partial charge is 0.309 e. The van der Waals surface area contributed by atoms with Crippen molar-refractivity contribution in [2.75, 3.05) is 11.9 Å². The number of carbonyl (C=O) groups excluding carboxylic acids is 1. The smallest absolute Gasteiger partial charge is 0.279 e. The van der Waals surface area contributed by atoms with E-state index in [-0.39, 0.29) is 5.91 Å². The molecule has 150 valence electrons. The van der Waals surface area contributed by atoms with E-state index in [4.69, 9.17) is 5.10 Å². The van der Waals surface area contributed by atoms with Crippen molar-refractivity contribution in [2.45, 2.75) is 0 Å². The van der Waals surface area contributed by atoms with Gasteiger partial charge in [-0.3, -0.25) is 9.78 Å². The topological polar surface area (TPSA) is 75.7 Å². The van der Waals surface area contributed by atoms with Crippen LogP contribution in [-0.4, -0.2) is 39.6 Å². The first kappa shape index (κ1) is 18.6. The van der Waals surface area contributed by atoms with Crippen LogP contribution in [0.25, 0.3) is 16.9 Å². The van der Waals surface area contributed by atoms with E-state index >= 15 is 0 Å². The number of likely N-dealkylation sites (N-methyl/N-ethyl adjacent to an activating group) is 1. The Kier molecular flexibility index (Phi) is 4.68. The molecule has 31 heavy (non-hydrogen) atoms. The van der Waals surface area contributed by atoms with Crippen LogP contribution in [0.5, 0.6) is 0 Å². The molecular weight excluding hydrogens is 388 g/mol. The number of nitrogens with zero attached hydrogens (tertiary/aromatic N) is 6. The number of fused-ring (bicyclic) bond motifs is 1. The van der Waals surface area contributed by atoms with Crippen LogP contribution in [0.4, 0.5) is 5.69 Å². The molecule has 0 unspecified atom stereocenters. The molecule has 4 aromatic rings. The summed E-state index contributed by atoms with van der Waals surface area (Å²) in [6, 6.07) is 21.2. The Labute approximate surface area is 179 Å². The van der Waals surface area contributed by atoms with Crippen molar-refractivity contribution >= 4 is 23.5 Å². The summed E-state index contributed by atoms with van der Waals surface area (Å²) in [5.74, 6) is -0.173. The summed E-state index contributed by atoms with van der Waals surface area (Å²) in [6.07, 6.45) is 6.97. The van der Waals surface area contributed by atoms with Crippen molar-refractivity contribution in [1.29, 1.82) is 0 Å². The molecule has 7 nitrogen and oxygen atoms in total. The molecule has 0 spiro atoms. The molecule has 0 radical (unpaired) electrons. The summed E-state index contributed by atoms with van der Waals surface area (Å²) in [5, 5.41) is 13.2. The third-order valence-corrected chi connectivity index (χ3v) is 5.10. The minimum Gasteiger partial charge on any atom is -0.309 e. The zero-order valence-electron chi connectivity index (χ0n) is 16.8. The first-order valence-electron chi connectivity index (χ1n) is 9.76. The van der Waals surface area contributed by atoms with Crippen molar-refractivity contribution in [1.82, 2.24) is 14.8 Å². The van der Waals surface area contributed by atoms with Crippen LogP contribution >= 0.6 is 0 Å². The van der Waals surface area contributed by atoms with Gasteiger partial charge in [-0.1, -0.05) is 36.4 Å². The summed E-state index contributed by atoms with van der Waals surface area (Å²) >= 11 is 0. The maximum absolute atomic E-state index is 12.6. The molecule has 0 aliphatic carbocycles. The molecule has 1 aliphatic heterocycles. The lowest BCUT2D eigenvalue weighted by Crippen LogP contribution is -2.25. The van der Waals surface area contributed by atoms with E-state index in [1.807, 2.05) is 72.9 Å². The number of hydrogen-bond donors (Lipinski definition) is 0. The van der Waals surface area contributed by atoms with Gasteiger partial charge in [0.05, 0.1) is 17.6 Å². The SMILES string of the molecule is CN1C(=O)/C(=N/N=C\c2cn(-c3ccccc3)nc2-c2ccncc2)c2ccccc21. The molecular formula is C24H18N6O. The first-order chi connectivity index (χ1) is 15.2. The van der Waals surface area contributed by atoms with E-state index in [0.717, 1.165) is 33.8 Å². The van der Waals surface area contributed by atoms with Gasteiger partial charge in [0.2, 0.25) is 0 Å². The number of rotatable bonds is 4. The second-order valence-electron chi connectivity index (χ2n) is 7.02. The Balaban J connectivity index is 1.55. The third kappa shape index (κ3) is 3.42. The van der Waals surface area contributed by atoms with Crippen molar-refractivity contribution in [3.8, 4) is 16.9 Å². The summed E-state index contributed by atoms with van der Waals surface area (Å²) in [6.45, 7) is 0. The van der Waals surface area contributed by atoms with Crippen molar-refractivity contribution in [3.05, 3.63) is 96.4 Å². The summed E-state index contributed by atoms with van der Waals surface area (Å²) in [4.78, 5) is 18.2. The van der Waals surface area contributed by atoms with Gasteiger partial charge < -0.3 is 4.90 Å². The lowest BCUT2D eigenvalue weighted by Gasteiger charge is -2.07. The van der Waals surface area contributed by atoms with Gasteiger partial charge in [-0.2, -0.15) is 10.2 Å². The average molecular weight is 406 g/mol. The van der Waals surface area contributed by atoms with E-state index in [9.17, 15) is 4.79 Å². The number of amides is 1.